The van der Waals surface area contributed by atoms with Crippen LogP contribution in [0.1, 0.15) is 18.4 Å². The predicted octanol–water partition coefficient (Wildman–Crippen LogP) is 1.56. The summed E-state index contributed by atoms with van der Waals surface area (Å²) >= 11 is 5.50. The van der Waals surface area contributed by atoms with E-state index in [2.05, 4.69) is 21.2 Å². The third kappa shape index (κ3) is 4.80. The van der Waals surface area contributed by atoms with Gasteiger partial charge in [-0.15, -0.1) is 0 Å². The summed E-state index contributed by atoms with van der Waals surface area (Å²) < 4.78 is 5.61. The third-order valence-corrected chi connectivity index (χ3v) is 4.88. The first kappa shape index (κ1) is 16.5. The molecule has 5 nitrogen and oxygen atoms in total. The van der Waals surface area contributed by atoms with Crippen molar-refractivity contribution < 1.29 is 9.84 Å². The van der Waals surface area contributed by atoms with Gasteiger partial charge in [-0.1, -0.05) is 12.1 Å². The average molecular weight is 335 g/mol. The summed E-state index contributed by atoms with van der Waals surface area (Å²) in [5.41, 5.74) is 1.15. The molecule has 2 heterocycles. The van der Waals surface area contributed by atoms with Gasteiger partial charge in [0, 0.05) is 45.9 Å². The van der Waals surface area contributed by atoms with Gasteiger partial charge in [0.1, 0.15) is 5.75 Å². The molecule has 0 bridgehead atoms. The Balaban J connectivity index is 1.40. The van der Waals surface area contributed by atoms with E-state index in [1.807, 2.05) is 12.1 Å². The van der Waals surface area contributed by atoms with Gasteiger partial charge in [-0.2, -0.15) is 0 Å². The summed E-state index contributed by atoms with van der Waals surface area (Å²) in [4.78, 5) is 4.64. The van der Waals surface area contributed by atoms with Gasteiger partial charge in [-0.3, -0.25) is 4.90 Å². The Morgan fingerprint density at radius 3 is 2.83 bits per heavy atom. The van der Waals surface area contributed by atoms with Crippen molar-refractivity contribution in [1.82, 2.24) is 15.1 Å². The normalized spacial score (nSPS) is 22.3. The number of ether oxygens (including phenoxy) is 1. The summed E-state index contributed by atoms with van der Waals surface area (Å²) in [5, 5.41) is 13.7. The SMILES string of the molecule is Oc1cccc(CN2CCN(C(=S)NCC3CCCO3)CC2)c1. The number of phenolic OH excluding ortho intramolecular Hbond substituents is 1. The molecule has 6 heteroatoms. The number of nitrogens with zero attached hydrogens (tertiary/aromatic N) is 2. The van der Waals surface area contributed by atoms with Crippen molar-refractivity contribution >= 4 is 17.3 Å². The van der Waals surface area contributed by atoms with Crippen molar-refractivity contribution in [1.29, 1.82) is 0 Å². The van der Waals surface area contributed by atoms with Crippen LogP contribution in [0.25, 0.3) is 0 Å². The molecule has 2 fully saturated rings. The molecule has 1 aromatic carbocycles. The fraction of sp³-hybridized carbons (Fsp3) is 0.588. The van der Waals surface area contributed by atoms with Crippen molar-refractivity contribution in [3.05, 3.63) is 29.8 Å². The smallest absolute Gasteiger partial charge is 0.169 e. The van der Waals surface area contributed by atoms with Gasteiger partial charge < -0.3 is 20.1 Å². The van der Waals surface area contributed by atoms with Crippen LogP contribution < -0.4 is 5.32 Å². The first-order valence-corrected chi connectivity index (χ1v) is 8.76. The highest BCUT2D eigenvalue weighted by Gasteiger charge is 2.21. The molecule has 2 aliphatic rings. The van der Waals surface area contributed by atoms with Gasteiger partial charge in [0.2, 0.25) is 0 Å². The maximum Gasteiger partial charge on any atom is 0.169 e. The second-order valence-corrected chi connectivity index (χ2v) is 6.64. The first-order valence-electron chi connectivity index (χ1n) is 8.35. The van der Waals surface area contributed by atoms with E-state index < -0.39 is 0 Å². The average Bonchev–Trinajstić information content (AvgIpc) is 3.07. The number of nitrogens with one attached hydrogen (secondary N) is 1. The van der Waals surface area contributed by atoms with E-state index in [0.717, 1.165) is 69.4 Å². The number of piperazine rings is 1. The van der Waals surface area contributed by atoms with Gasteiger partial charge >= 0.3 is 0 Å². The molecule has 0 aromatic heterocycles. The molecule has 0 saturated carbocycles. The van der Waals surface area contributed by atoms with Crippen molar-refractivity contribution in [2.75, 3.05) is 39.3 Å². The van der Waals surface area contributed by atoms with E-state index in [1.165, 1.54) is 0 Å². The molecule has 2 N–H and O–H groups in total. The van der Waals surface area contributed by atoms with Crippen LogP contribution in [0.15, 0.2) is 24.3 Å². The van der Waals surface area contributed by atoms with Crippen LogP contribution in [0, 0.1) is 0 Å². The summed E-state index contributed by atoms with van der Waals surface area (Å²) in [6.07, 6.45) is 2.61. The van der Waals surface area contributed by atoms with Crippen LogP contribution >= 0.6 is 12.2 Å². The molecule has 1 aromatic rings. The van der Waals surface area contributed by atoms with E-state index in [-0.39, 0.29) is 0 Å². The van der Waals surface area contributed by atoms with Crippen molar-refractivity contribution in [2.45, 2.75) is 25.5 Å². The van der Waals surface area contributed by atoms with Gasteiger partial charge in [-0.25, -0.2) is 0 Å². The molecule has 126 valence electrons. The second-order valence-electron chi connectivity index (χ2n) is 6.25. The fourth-order valence-electron chi connectivity index (χ4n) is 3.14. The van der Waals surface area contributed by atoms with Crippen molar-refractivity contribution in [3.63, 3.8) is 0 Å². The van der Waals surface area contributed by atoms with Gasteiger partial charge in [0.05, 0.1) is 6.10 Å². The molecule has 0 amide bonds. The topological polar surface area (TPSA) is 48.0 Å². The highest BCUT2D eigenvalue weighted by atomic mass is 32.1. The van der Waals surface area contributed by atoms with Crippen molar-refractivity contribution in [3.8, 4) is 5.75 Å². The molecule has 0 aliphatic carbocycles. The van der Waals surface area contributed by atoms with Gasteiger partial charge in [-0.05, 0) is 42.8 Å². The quantitative estimate of drug-likeness (QED) is 0.815. The Morgan fingerprint density at radius 2 is 2.13 bits per heavy atom. The summed E-state index contributed by atoms with van der Waals surface area (Å²) in [7, 11) is 0. The molecule has 3 rings (SSSR count). The number of benzene rings is 1. The second kappa shape index (κ2) is 7.95. The van der Waals surface area contributed by atoms with Gasteiger partial charge in [0.15, 0.2) is 5.11 Å². The molecule has 1 unspecified atom stereocenters. The van der Waals surface area contributed by atoms with Crippen molar-refractivity contribution in [2.24, 2.45) is 0 Å². The predicted molar refractivity (Wildman–Crippen MR) is 94.5 cm³/mol. The standard InChI is InChI=1S/C17H25N3O2S/c21-15-4-1-3-14(11-15)13-19-6-8-20(9-7-19)17(23)18-12-16-5-2-10-22-16/h1,3-4,11,16,21H,2,5-10,12-13H2,(H,18,23). The zero-order valence-electron chi connectivity index (χ0n) is 13.4. The van der Waals surface area contributed by atoms with E-state index in [9.17, 15) is 5.11 Å². The first-order chi connectivity index (χ1) is 11.2. The lowest BCUT2D eigenvalue weighted by Crippen LogP contribution is -2.52. The van der Waals surface area contributed by atoms with Crippen LogP contribution in [0.2, 0.25) is 0 Å². The van der Waals surface area contributed by atoms with E-state index in [1.54, 1.807) is 6.07 Å². The van der Waals surface area contributed by atoms with E-state index in [0.29, 0.717) is 11.9 Å². The summed E-state index contributed by atoms with van der Waals surface area (Å²) in [6.45, 7) is 6.43. The van der Waals surface area contributed by atoms with Crippen LogP contribution in [-0.2, 0) is 11.3 Å². The third-order valence-electron chi connectivity index (χ3n) is 4.48. The van der Waals surface area contributed by atoms with Crippen LogP contribution in [-0.4, -0.2) is 65.5 Å². The van der Waals surface area contributed by atoms with Crippen LogP contribution in [0.5, 0.6) is 5.75 Å². The number of hydrogen-bond donors (Lipinski definition) is 2. The lowest BCUT2D eigenvalue weighted by Gasteiger charge is -2.36. The molecule has 0 spiro atoms. The maximum absolute atomic E-state index is 9.54. The van der Waals surface area contributed by atoms with E-state index >= 15 is 0 Å². The summed E-state index contributed by atoms with van der Waals surface area (Å²) in [6, 6.07) is 7.49. The van der Waals surface area contributed by atoms with Gasteiger partial charge in [0.25, 0.3) is 0 Å². The zero-order chi connectivity index (χ0) is 16.1. The number of thiocarbonyl (C=S) groups is 1. The van der Waals surface area contributed by atoms with E-state index in [4.69, 9.17) is 17.0 Å². The minimum absolute atomic E-state index is 0.319. The minimum Gasteiger partial charge on any atom is -0.508 e. The minimum atomic E-state index is 0.319. The highest BCUT2D eigenvalue weighted by Crippen LogP contribution is 2.14. The Kier molecular flexibility index (Phi) is 5.70. The number of hydrogen-bond acceptors (Lipinski definition) is 4. The number of phenols is 1. The number of aromatic hydroxyl groups is 1. The monoisotopic (exact) mass is 335 g/mol. The Hall–Kier alpha value is -1.37. The molecule has 2 aliphatic heterocycles. The molecule has 0 radical (unpaired) electrons. The lowest BCUT2D eigenvalue weighted by molar-refractivity contribution is 0.112. The Bertz CT molecular complexity index is 526. The zero-order valence-corrected chi connectivity index (χ0v) is 14.2. The Labute approximate surface area is 143 Å². The molecule has 2 saturated heterocycles. The Morgan fingerprint density at radius 1 is 1.30 bits per heavy atom. The molecular formula is C17H25N3O2S. The largest absolute Gasteiger partial charge is 0.508 e. The summed E-state index contributed by atoms with van der Waals surface area (Å²) in [5.74, 6) is 0.334. The fourth-order valence-corrected chi connectivity index (χ4v) is 3.41. The number of rotatable bonds is 4. The molecule has 1 atom stereocenters. The van der Waals surface area contributed by atoms with Crippen LogP contribution in [0.4, 0.5) is 0 Å². The highest BCUT2D eigenvalue weighted by molar-refractivity contribution is 7.80. The maximum atomic E-state index is 9.54. The lowest BCUT2D eigenvalue weighted by atomic mass is 10.2. The van der Waals surface area contributed by atoms with Crippen LogP contribution in [0.3, 0.4) is 0 Å². The molecule has 23 heavy (non-hydrogen) atoms. The molecular weight excluding hydrogens is 310 g/mol.